The maximum Gasteiger partial charge on any atom is 0.122 e. The molecule has 1 N–H and O–H groups in total. The minimum absolute atomic E-state index is 0. The number of aryl methyl sites for hydroxylation is 1. The van der Waals surface area contributed by atoms with Crippen LogP contribution in [0.4, 0.5) is 0 Å². The highest BCUT2D eigenvalue weighted by molar-refractivity contribution is 5.85. The van der Waals surface area contributed by atoms with Crippen molar-refractivity contribution in [3.8, 4) is 5.75 Å². The lowest BCUT2D eigenvalue weighted by Gasteiger charge is -2.24. The Hall–Kier alpha value is -0.730. The van der Waals surface area contributed by atoms with Crippen molar-refractivity contribution in [2.24, 2.45) is 0 Å². The summed E-state index contributed by atoms with van der Waals surface area (Å²) >= 11 is 0. The van der Waals surface area contributed by atoms with Gasteiger partial charge in [-0.25, -0.2) is 0 Å². The molecule has 2 rings (SSSR count). The second kappa shape index (κ2) is 5.94. The second-order valence-electron chi connectivity index (χ2n) is 5.85. The zero-order valence-corrected chi connectivity index (χ0v) is 12.6. The Morgan fingerprint density at radius 2 is 1.89 bits per heavy atom. The maximum absolute atomic E-state index is 5.55. The van der Waals surface area contributed by atoms with E-state index in [4.69, 9.17) is 4.74 Å². The maximum atomic E-state index is 5.55. The predicted octanol–water partition coefficient (Wildman–Crippen LogP) is 3.45. The number of halogens is 1. The first-order valence-electron chi connectivity index (χ1n) is 6.43. The summed E-state index contributed by atoms with van der Waals surface area (Å²) in [5.74, 6) is 1.03. The van der Waals surface area contributed by atoms with E-state index in [1.807, 2.05) is 0 Å². The number of methoxy groups -OCH3 is 1. The summed E-state index contributed by atoms with van der Waals surface area (Å²) in [5.41, 5.74) is 4.34. The van der Waals surface area contributed by atoms with E-state index in [0.717, 1.165) is 18.8 Å². The van der Waals surface area contributed by atoms with Gasteiger partial charge in [-0.15, -0.1) is 12.4 Å². The van der Waals surface area contributed by atoms with Gasteiger partial charge in [0.25, 0.3) is 0 Å². The highest BCUT2D eigenvalue weighted by Crippen LogP contribution is 2.34. The predicted molar refractivity (Wildman–Crippen MR) is 79.0 cm³/mol. The van der Waals surface area contributed by atoms with Crippen LogP contribution in [0.25, 0.3) is 0 Å². The summed E-state index contributed by atoms with van der Waals surface area (Å²) in [5, 5.41) is 3.46. The summed E-state index contributed by atoms with van der Waals surface area (Å²) in [6.45, 7) is 8.81. The number of ether oxygens (including phenoxy) is 1. The van der Waals surface area contributed by atoms with Crippen LogP contribution in [0.2, 0.25) is 0 Å². The van der Waals surface area contributed by atoms with Crippen molar-refractivity contribution in [3.63, 3.8) is 0 Å². The largest absolute Gasteiger partial charge is 0.496 e. The third-order valence-corrected chi connectivity index (χ3v) is 3.44. The van der Waals surface area contributed by atoms with E-state index in [-0.39, 0.29) is 17.8 Å². The fraction of sp³-hybridized carbons (Fsp3) is 0.600. The molecule has 102 valence electrons. The average Bonchev–Trinajstić information content (AvgIpc) is 2.50. The van der Waals surface area contributed by atoms with Crippen molar-refractivity contribution < 1.29 is 4.74 Å². The van der Waals surface area contributed by atoms with Gasteiger partial charge in [-0.05, 0) is 47.6 Å². The third-order valence-electron chi connectivity index (χ3n) is 3.44. The van der Waals surface area contributed by atoms with Crippen LogP contribution in [0.3, 0.4) is 0 Å². The minimum atomic E-state index is 0. The van der Waals surface area contributed by atoms with Gasteiger partial charge in [0.2, 0.25) is 0 Å². The van der Waals surface area contributed by atoms with Crippen molar-refractivity contribution >= 4 is 12.4 Å². The van der Waals surface area contributed by atoms with Gasteiger partial charge in [0.05, 0.1) is 7.11 Å². The summed E-state index contributed by atoms with van der Waals surface area (Å²) in [4.78, 5) is 0. The monoisotopic (exact) mass is 269 g/mol. The summed E-state index contributed by atoms with van der Waals surface area (Å²) in [6, 6.07) is 4.56. The molecule has 2 nitrogen and oxygen atoms in total. The molecule has 0 aromatic heterocycles. The van der Waals surface area contributed by atoms with Gasteiger partial charge in [0.1, 0.15) is 5.75 Å². The van der Waals surface area contributed by atoms with Gasteiger partial charge < -0.3 is 10.1 Å². The minimum Gasteiger partial charge on any atom is -0.496 e. The van der Waals surface area contributed by atoms with E-state index >= 15 is 0 Å². The zero-order chi connectivity index (χ0) is 12.5. The smallest absolute Gasteiger partial charge is 0.122 e. The summed E-state index contributed by atoms with van der Waals surface area (Å²) in [6.07, 6.45) is 2.40. The molecule has 18 heavy (non-hydrogen) atoms. The molecule has 3 heteroatoms. The van der Waals surface area contributed by atoms with Crippen LogP contribution in [0.1, 0.15) is 43.9 Å². The van der Waals surface area contributed by atoms with Crippen molar-refractivity contribution in [1.29, 1.82) is 0 Å². The third kappa shape index (κ3) is 3.18. The Bertz CT molecular complexity index is 410. The Morgan fingerprint density at radius 1 is 1.17 bits per heavy atom. The van der Waals surface area contributed by atoms with E-state index in [1.165, 1.54) is 29.5 Å². The fourth-order valence-corrected chi connectivity index (χ4v) is 2.45. The molecule has 1 heterocycles. The Balaban J connectivity index is 0.00000162. The van der Waals surface area contributed by atoms with Gasteiger partial charge in [-0.3, -0.25) is 0 Å². The normalized spacial score (nSPS) is 15.3. The van der Waals surface area contributed by atoms with Gasteiger partial charge in [-0.1, -0.05) is 26.8 Å². The molecule has 1 aliphatic heterocycles. The van der Waals surface area contributed by atoms with Crippen molar-refractivity contribution in [2.45, 2.75) is 45.6 Å². The molecule has 0 aliphatic carbocycles. The van der Waals surface area contributed by atoms with Crippen molar-refractivity contribution in [3.05, 3.63) is 28.8 Å². The summed E-state index contributed by atoms with van der Waals surface area (Å²) in [7, 11) is 1.76. The lowest BCUT2D eigenvalue weighted by atomic mass is 9.84. The number of hydrogen-bond acceptors (Lipinski definition) is 2. The van der Waals surface area contributed by atoms with E-state index in [1.54, 1.807) is 7.11 Å². The average molecular weight is 270 g/mol. The molecule has 0 amide bonds. The van der Waals surface area contributed by atoms with Crippen LogP contribution in [0.5, 0.6) is 5.75 Å². The fourth-order valence-electron chi connectivity index (χ4n) is 2.45. The molecule has 0 unspecified atom stereocenters. The summed E-state index contributed by atoms with van der Waals surface area (Å²) < 4.78 is 5.55. The van der Waals surface area contributed by atoms with Crippen molar-refractivity contribution in [1.82, 2.24) is 5.32 Å². The SMILES string of the molecule is COc1cc2c(cc1C(C)(C)C)CCCNC2.Cl. The molecule has 1 aromatic carbocycles. The van der Waals surface area contributed by atoms with Crippen LogP contribution >= 0.6 is 12.4 Å². The van der Waals surface area contributed by atoms with E-state index in [0.29, 0.717) is 0 Å². The zero-order valence-electron chi connectivity index (χ0n) is 11.8. The Morgan fingerprint density at radius 3 is 2.50 bits per heavy atom. The van der Waals surface area contributed by atoms with Gasteiger partial charge in [-0.2, -0.15) is 0 Å². The van der Waals surface area contributed by atoms with E-state index in [2.05, 4.69) is 38.2 Å². The van der Waals surface area contributed by atoms with E-state index < -0.39 is 0 Å². The first kappa shape index (κ1) is 15.3. The molecule has 0 radical (unpaired) electrons. The van der Waals surface area contributed by atoms with Crippen LogP contribution in [0, 0.1) is 0 Å². The molecule has 1 aromatic rings. The van der Waals surface area contributed by atoms with Gasteiger partial charge in [0, 0.05) is 6.54 Å². The molecule has 0 atom stereocenters. The van der Waals surface area contributed by atoms with Gasteiger partial charge >= 0.3 is 0 Å². The number of nitrogens with one attached hydrogen (secondary N) is 1. The number of benzene rings is 1. The van der Waals surface area contributed by atoms with Gasteiger partial charge in [0.15, 0.2) is 0 Å². The molecular weight excluding hydrogens is 246 g/mol. The standard InChI is InChI=1S/C15H23NO.ClH/c1-15(2,3)13-8-11-6-5-7-16-10-12(11)9-14(13)17-4;/h8-9,16H,5-7,10H2,1-4H3;1H. The molecule has 0 saturated heterocycles. The Kier molecular flexibility index (Phi) is 5.06. The number of hydrogen-bond donors (Lipinski definition) is 1. The lowest BCUT2D eigenvalue weighted by molar-refractivity contribution is 0.396. The topological polar surface area (TPSA) is 21.3 Å². The highest BCUT2D eigenvalue weighted by Gasteiger charge is 2.21. The molecule has 0 spiro atoms. The highest BCUT2D eigenvalue weighted by atomic mass is 35.5. The molecule has 0 fully saturated rings. The molecular formula is C15H24ClNO. The second-order valence-corrected chi connectivity index (χ2v) is 5.85. The molecule has 0 saturated carbocycles. The van der Waals surface area contributed by atoms with Crippen LogP contribution in [-0.2, 0) is 18.4 Å². The molecule has 0 bridgehead atoms. The first-order chi connectivity index (χ1) is 8.02. The van der Waals surface area contributed by atoms with Crippen molar-refractivity contribution in [2.75, 3.05) is 13.7 Å². The number of fused-ring (bicyclic) bond motifs is 1. The number of rotatable bonds is 1. The lowest BCUT2D eigenvalue weighted by Crippen LogP contribution is -2.15. The Labute approximate surface area is 117 Å². The van der Waals surface area contributed by atoms with Crippen LogP contribution < -0.4 is 10.1 Å². The first-order valence-corrected chi connectivity index (χ1v) is 6.43. The van der Waals surface area contributed by atoms with Crippen LogP contribution in [-0.4, -0.2) is 13.7 Å². The quantitative estimate of drug-likeness (QED) is 0.843. The van der Waals surface area contributed by atoms with E-state index in [9.17, 15) is 0 Å². The van der Waals surface area contributed by atoms with Crippen LogP contribution in [0.15, 0.2) is 12.1 Å². The molecule has 1 aliphatic rings.